The Labute approximate surface area is 73.4 Å². The van der Waals surface area contributed by atoms with Gasteiger partial charge in [0.2, 0.25) is 0 Å². The molecule has 0 aliphatic carbocycles. The average Bonchev–Trinajstić information content (AvgIpc) is 2.59. The van der Waals surface area contributed by atoms with Gasteiger partial charge in [-0.15, -0.1) is 0 Å². The molecule has 1 saturated heterocycles. The number of ether oxygens (including phenoxy) is 1. The largest absolute Gasteiger partial charge is 0.378 e. The molecule has 2 rings (SSSR count). The third-order valence-electron chi connectivity index (χ3n) is 2.33. The normalized spacial score (nSPS) is 22.8. The zero-order chi connectivity index (χ0) is 8.23. The van der Waals surface area contributed by atoms with Gasteiger partial charge in [-0.25, -0.2) is 0 Å². The van der Waals surface area contributed by atoms with Crippen LogP contribution >= 0.6 is 0 Å². The number of benzene rings is 1. The summed E-state index contributed by atoms with van der Waals surface area (Å²) in [4.78, 5) is 0. The Bertz CT molecular complexity index is 224. The lowest BCUT2D eigenvalue weighted by molar-refractivity contribution is 0.111. The molecule has 0 aromatic heterocycles. The topological polar surface area (TPSA) is 9.23 Å². The number of hydrogen-bond donors (Lipinski definition) is 0. The van der Waals surface area contributed by atoms with Crippen molar-refractivity contribution in [2.75, 3.05) is 6.61 Å². The van der Waals surface area contributed by atoms with E-state index >= 15 is 0 Å². The molecule has 0 N–H and O–H groups in total. The van der Waals surface area contributed by atoms with Crippen molar-refractivity contribution in [3.05, 3.63) is 35.9 Å². The molecule has 0 amide bonds. The Morgan fingerprint density at radius 3 is 2.75 bits per heavy atom. The first-order valence-electron chi connectivity index (χ1n) is 4.61. The van der Waals surface area contributed by atoms with Crippen LogP contribution in [0.1, 0.15) is 18.4 Å². The number of rotatable bonds is 2. The molecule has 64 valence electrons. The van der Waals surface area contributed by atoms with E-state index in [1.165, 1.54) is 18.4 Å². The predicted molar refractivity (Wildman–Crippen MR) is 49.1 cm³/mol. The Morgan fingerprint density at radius 1 is 1.25 bits per heavy atom. The molecule has 1 atom stereocenters. The average molecular weight is 162 g/mol. The van der Waals surface area contributed by atoms with E-state index in [4.69, 9.17) is 4.74 Å². The summed E-state index contributed by atoms with van der Waals surface area (Å²) in [5.74, 6) is 0. The van der Waals surface area contributed by atoms with Crippen LogP contribution in [0.25, 0.3) is 0 Å². The smallest absolute Gasteiger partial charge is 0.0616 e. The molecule has 1 aromatic carbocycles. The molecular weight excluding hydrogens is 148 g/mol. The van der Waals surface area contributed by atoms with Crippen molar-refractivity contribution >= 4 is 0 Å². The van der Waals surface area contributed by atoms with Gasteiger partial charge in [-0.3, -0.25) is 0 Å². The van der Waals surface area contributed by atoms with E-state index in [1.54, 1.807) is 0 Å². The lowest BCUT2D eigenvalue weighted by Crippen LogP contribution is -2.08. The number of hydrogen-bond acceptors (Lipinski definition) is 1. The lowest BCUT2D eigenvalue weighted by atomic mass is 10.1. The van der Waals surface area contributed by atoms with Crippen molar-refractivity contribution in [3.8, 4) is 0 Å². The van der Waals surface area contributed by atoms with Crippen molar-refractivity contribution in [3.63, 3.8) is 0 Å². The molecule has 1 aromatic rings. The van der Waals surface area contributed by atoms with Gasteiger partial charge in [-0.2, -0.15) is 0 Å². The van der Waals surface area contributed by atoms with Crippen LogP contribution in [0.4, 0.5) is 0 Å². The molecule has 1 aliphatic rings. The Hall–Kier alpha value is -0.820. The van der Waals surface area contributed by atoms with Crippen LogP contribution in [-0.2, 0) is 11.2 Å². The molecule has 12 heavy (non-hydrogen) atoms. The first-order valence-corrected chi connectivity index (χ1v) is 4.61. The predicted octanol–water partition coefficient (Wildman–Crippen LogP) is 2.41. The standard InChI is InChI=1S/C11H14O/c1-2-5-10(6-3-1)9-11-7-4-8-12-11/h1-3,5-6,11H,4,7-9H2. The molecule has 1 heteroatoms. The van der Waals surface area contributed by atoms with Crippen molar-refractivity contribution in [2.24, 2.45) is 0 Å². The lowest BCUT2D eigenvalue weighted by Gasteiger charge is -2.08. The van der Waals surface area contributed by atoms with Crippen LogP contribution in [0.15, 0.2) is 30.3 Å². The molecule has 0 radical (unpaired) electrons. The summed E-state index contributed by atoms with van der Waals surface area (Å²) in [6.07, 6.45) is 4.03. The van der Waals surface area contributed by atoms with Crippen LogP contribution < -0.4 is 0 Å². The van der Waals surface area contributed by atoms with Gasteiger partial charge in [0.1, 0.15) is 0 Å². The maximum atomic E-state index is 5.56. The third-order valence-corrected chi connectivity index (χ3v) is 2.33. The Kier molecular flexibility index (Phi) is 2.42. The molecule has 1 unspecified atom stereocenters. The molecular formula is C11H14O. The second kappa shape index (κ2) is 3.72. The van der Waals surface area contributed by atoms with Crippen LogP contribution in [0.5, 0.6) is 0 Å². The summed E-state index contributed by atoms with van der Waals surface area (Å²) in [7, 11) is 0. The molecule has 0 saturated carbocycles. The first kappa shape index (κ1) is 7.81. The highest BCUT2D eigenvalue weighted by Gasteiger charge is 2.15. The monoisotopic (exact) mass is 162 g/mol. The fourth-order valence-electron chi connectivity index (χ4n) is 1.68. The van der Waals surface area contributed by atoms with Gasteiger partial charge in [0.25, 0.3) is 0 Å². The SMILES string of the molecule is c1ccc(CC2CCCO2)cc1. The molecule has 1 nitrogen and oxygen atoms in total. The molecule has 1 fully saturated rings. The van der Waals surface area contributed by atoms with Crippen molar-refractivity contribution in [1.82, 2.24) is 0 Å². The first-order chi connectivity index (χ1) is 5.95. The van der Waals surface area contributed by atoms with E-state index in [9.17, 15) is 0 Å². The van der Waals surface area contributed by atoms with Crippen molar-refractivity contribution < 1.29 is 4.74 Å². The summed E-state index contributed by atoms with van der Waals surface area (Å²) in [6, 6.07) is 10.6. The van der Waals surface area contributed by atoms with E-state index in [-0.39, 0.29) is 0 Å². The zero-order valence-electron chi connectivity index (χ0n) is 7.20. The Morgan fingerprint density at radius 2 is 2.08 bits per heavy atom. The van der Waals surface area contributed by atoms with Crippen LogP contribution in [0.3, 0.4) is 0 Å². The van der Waals surface area contributed by atoms with E-state index in [0.717, 1.165) is 13.0 Å². The highest BCUT2D eigenvalue weighted by Crippen LogP contribution is 2.16. The second-order valence-corrected chi connectivity index (χ2v) is 3.32. The highest BCUT2D eigenvalue weighted by atomic mass is 16.5. The van der Waals surface area contributed by atoms with E-state index < -0.39 is 0 Å². The summed E-state index contributed by atoms with van der Waals surface area (Å²) in [5.41, 5.74) is 1.39. The minimum atomic E-state index is 0.479. The van der Waals surface area contributed by atoms with E-state index in [0.29, 0.717) is 6.10 Å². The van der Waals surface area contributed by atoms with E-state index in [1.807, 2.05) is 0 Å². The molecule has 1 aliphatic heterocycles. The maximum absolute atomic E-state index is 5.56. The second-order valence-electron chi connectivity index (χ2n) is 3.32. The fourth-order valence-corrected chi connectivity index (χ4v) is 1.68. The van der Waals surface area contributed by atoms with Crippen molar-refractivity contribution in [1.29, 1.82) is 0 Å². The minimum absolute atomic E-state index is 0.479. The van der Waals surface area contributed by atoms with Gasteiger partial charge < -0.3 is 4.74 Å². The van der Waals surface area contributed by atoms with Crippen LogP contribution in [0, 0.1) is 0 Å². The molecule has 0 bridgehead atoms. The van der Waals surface area contributed by atoms with E-state index in [2.05, 4.69) is 30.3 Å². The van der Waals surface area contributed by atoms with Gasteiger partial charge in [-0.05, 0) is 24.8 Å². The van der Waals surface area contributed by atoms with Gasteiger partial charge in [0.05, 0.1) is 6.10 Å². The summed E-state index contributed by atoms with van der Waals surface area (Å²) >= 11 is 0. The van der Waals surface area contributed by atoms with Gasteiger partial charge in [0, 0.05) is 6.61 Å². The van der Waals surface area contributed by atoms with Crippen LogP contribution in [-0.4, -0.2) is 12.7 Å². The van der Waals surface area contributed by atoms with Gasteiger partial charge in [-0.1, -0.05) is 30.3 Å². The summed E-state index contributed by atoms with van der Waals surface area (Å²) < 4.78 is 5.56. The quantitative estimate of drug-likeness (QED) is 0.649. The zero-order valence-corrected chi connectivity index (χ0v) is 7.20. The van der Waals surface area contributed by atoms with Gasteiger partial charge in [0.15, 0.2) is 0 Å². The van der Waals surface area contributed by atoms with Crippen molar-refractivity contribution in [2.45, 2.75) is 25.4 Å². The maximum Gasteiger partial charge on any atom is 0.0616 e. The summed E-state index contributed by atoms with van der Waals surface area (Å²) in [5, 5.41) is 0. The third kappa shape index (κ3) is 1.86. The Balaban J connectivity index is 1.94. The molecule has 0 spiro atoms. The minimum Gasteiger partial charge on any atom is -0.378 e. The molecule has 1 heterocycles. The fraction of sp³-hybridized carbons (Fsp3) is 0.455. The van der Waals surface area contributed by atoms with Crippen LogP contribution in [0.2, 0.25) is 0 Å². The summed E-state index contributed by atoms with van der Waals surface area (Å²) in [6.45, 7) is 0.956. The van der Waals surface area contributed by atoms with Gasteiger partial charge >= 0.3 is 0 Å². The highest BCUT2D eigenvalue weighted by molar-refractivity contribution is 5.15.